The number of primary amides is 1. The maximum absolute atomic E-state index is 12.9. The molecule has 0 aromatic carbocycles. The summed E-state index contributed by atoms with van der Waals surface area (Å²) >= 11 is 0. The van der Waals surface area contributed by atoms with Crippen molar-refractivity contribution >= 4 is 17.8 Å². The van der Waals surface area contributed by atoms with Gasteiger partial charge < -0.3 is 10.6 Å². The molecule has 1 aliphatic rings. The number of aryl methyl sites for hydroxylation is 1. The van der Waals surface area contributed by atoms with Crippen molar-refractivity contribution in [3.05, 3.63) is 23.4 Å². The van der Waals surface area contributed by atoms with E-state index in [1.165, 1.54) is 6.92 Å². The van der Waals surface area contributed by atoms with Crippen LogP contribution in [0.25, 0.3) is 0 Å². The minimum absolute atomic E-state index is 0.0526. The molecule has 6 nitrogen and oxygen atoms in total. The number of carbonyl (C=O) groups is 2. The molecule has 0 aliphatic carbocycles. The molecular formula is C12H13F3N4O2. The van der Waals surface area contributed by atoms with E-state index in [4.69, 9.17) is 9.85 Å². The number of alkyl halides is 3. The SMILES string of the molecule is [2H]C([2H])([2H])N1CC(C(N)=O)N(c2cc(C(F)(F)F)cc(C)n2)C1=O. The number of nitrogens with two attached hydrogens (primary N) is 1. The van der Waals surface area contributed by atoms with E-state index in [9.17, 15) is 22.8 Å². The summed E-state index contributed by atoms with van der Waals surface area (Å²) in [6.07, 6.45) is -4.70. The summed E-state index contributed by atoms with van der Waals surface area (Å²) in [5, 5.41) is 0. The summed E-state index contributed by atoms with van der Waals surface area (Å²) in [5.41, 5.74) is 4.03. The summed E-state index contributed by atoms with van der Waals surface area (Å²) in [7, 11) is 0. The first kappa shape index (κ1) is 11.4. The normalized spacial score (nSPS) is 22.0. The number of likely N-dealkylation sites (N-methyl/N-ethyl adjacent to an activating group) is 1. The van der Waals surface area contributed by atoms with E-state index in [1.54, 1.807) is 0 Å². The van der Waals surface area contributed by atoms with E-state index in [-0.39, 0.29) is 5.69 Å². The fourth-order valence-electron chi connectivity index (χ4n) is 2.01. The van der Waals surface area contributed by atoms with Crippen LogP contribution < -0.4 is 10.6 Å². The van der Waals surface area contributed by atoms with Crippen LogP contribution in [-0.2, 0) is 11.0 Å². The molecule has 9 heteroatoms. The van der Waals surface area contributed by atoms with Crippen LogP contribution in [-0.4, -0.2) is 41.4 Å². The van der Waals surface area contributed by atoms with Crippen molar-refractivity contribution < 1.29 is 26.9 Å². The predicted octanol–water partition coefficient (Wildman–Crippen LogP) is 1.13. The van der Waals surface area contributed by atoms with Crippen LogP contribution >= 0.6 is 0 Å². The first-order chi connectivity index (χ1) is 10.8. The van der Waals surface area contributed by atoms with Gasteiger partial charge in [-0.25, -0.2) is 9.78 Å². The fourth-order valence-corrected chi connectivity index (χ4v) is 2.01. The van der Waals surface area contributed by atoms with Crippen LogP contribution in [0.5, 0.6) is 0 Å². The number of hydrogen-bond donors (Lipinski definition) is 1. The lowest BCUT2D eigenvalue weighted by Crippen LogP contribution is -2.44. The van der Waals surface area contributed by atoms with Crippen molar-refractivity contribution in [1.82, 2.24) is 9.88 Å². The number of nitrogens with zero attached hydrogens (tertiary/aromatic N) is 3. The van der Waals surface area contributed by atoms with Gasteiger partial charge in [0.15, 0.2) is 0 Å². The number of pyridine rings is 1. The zero-order chi connectivity index (χ0) is 18.4. The Morgan fingerprint density at radius 2 is 2.19 bits per heavy atom. The van der Waals surface area contributed by atoms with E-state index in [2.05, 4.69) is 4.98 Å². The average Bonchev–Trinajstić information content (AvgIpc) is 2.74. The molecule has 2 N–H and O–H groups in total. The second-order valence-corrected chi connectivity index (χ2v) is 4.53. The van der Waals surface area contributed by atoms with E-state index in [1.807, 2.05) is 0 Å². The van der Waals surface area contributed by atoms with Gasteiger partial charge in [-0.2, -0.15) is 13.2 Å². The van der Waals surface area contributed by atoms with Crippen LogP contribution in [0.3, 0.4) is 0 Å². The minimum atomic E-state index is -4.70. The number of halogens is 3. The highest BCUT2D eigenvalue weighted by Crippen LogP contribution is 2.33. The molecule has 1 aliphatic heterocycles. The Labute approximate surface area is 122 Å². The van der Waals surface area contributed by atoms with E-state index in [0.29, 0.717) is 15.9 Å². The lowest BCUT2D eigenvalue weighted by Gasteiger charge is -2.21. The van der Waals surface area contributed by atoms with Gasteiger partial charge in [0.1, 0.15) is 11.9 Å². The average molecular weight is 305 g/mol. The third kappa shape index (κ3) is 2.76. The summed E-state index contributed by atoms with van der Waals surface area (Å²) in [6, 6.07) is -1.26. The molecule has 0 bridgehead atoms. The Morgan fingerprint density at radius 3 is 2.71 bits per heavy atom. The molecule has 114 valence electrons. The van der Waals surface area contributed by atoms with Gasteiger partial charge in [-0.1, -0.05) is 0 Å². The maximum Gasteiger partial charge on any atom is 0.416 e. The van der Waals surface area contributed by atoms with Crippen molar-refractivity contribution in [3.63, 3.8) is 0 Å². The first-order valence-electron chi connectivity index (χ1n) is 7.28. The number of urea groups is 1. The standard InChI is InChI=1S/C12H13F3N4O2/c1-6-3-7(12(13,14)15)4-9(17-6)19-8(10(16)20)5-18(2)11(19)21/h3-4,8H,5H2,1-2H3,(H2,16,20)/i2D3. The van der Waals surface area contributed by atoms with Gasteiger partial charge in [0, 0.05) is 16.8 Å². The molecule has 0 radical (unpaired) electrons. The summed E-state index contributed by atoms with van der Waals surface area (Å²) in [4.78, 5) is 28.6. The van der Waals surface area contributed by atoms with Crippen LogP contribution in [0.1, 0.15) is 15.4 Å². The number of anilines is 1. The second-order valence-electron chi connectivity index (χ2n) is 4.53. The number of aromatic nitrogens is 1. The number of amides is 3. The third-order valence-electron chi connectivity index (χ3n) is 2.95. The summed E-state index contributed by atoms with van der Waals surface area (Å²) < 4.78 is 60.6. The Bertz CT molecular complexity index is 693. The number of carbonyl (C=O) groups excluding carboxylic acids is 2. The van der Waals surface area contributed by atoms with Gasteiger partial charge in [0.05, 0.1) is 12.1 Å². The Hall–Kier alpha value is -2.32. The first-order valence-corrected chi connectivity index (χ1v) is 5.78. The third-order valence-corrected chi connectivity index (χ3v) is 2.95. The maximum atomic E-state index is 12.9. The molecule has 1 unspecified atom stereocenters. The zero-order valence-electron chi connectivity index (χ0n) is 13.8. The molecule has 1 aromatic heterocycles. The second kappa shape index (κ2) is 4.90. The fraction of sp³-hybridized carbons (Fsp3) is 0.417. The van der Waals surface area contributed by atoms with E-state index in [0.717, 1.165) is 6.07 Å². The molecule has 0 saturated carbocycles. The Balaban J connectivity index is 2.54. The molecule has 21 heavy (non-hydrogen) atoms. The molecule has 0 spiro atoms. The molecule has 1 atom stereocenters. The van der Waals surface area contributed by atoms with Crippen molar-refractivity contribution in [2.24, 2.45) is 5.73 Å². The molecule has 3 amide bonds. The molecule has 2 heterocycles. The Kier molecular flexibility index (Phi) is 2.65. The molecular weight excluding hydrogens is 289 g/mol. The van der Waals surface area contributed by atoms with Crippen LogP contribution in [0, 0.1) is 6.92 Å². The van der Waals surface area contributed by atoms with E-state index >= 15 is 0 Å². The summed E-state index contributed by atoms with van der Waals surface area (Å²) in [6.45, 7) is -2.15. The van der Waals surface area contributed by atoms with Crippen LogP contribution in [0.2, 0.25) is 0 Å². The lowest BCUT2D eigenvalue weighted by molar-refractivity contribution is -0.137. The zero-order valence-corrected chi connectivity index (χ0v) is 10.8. The summed E-state index contributed by atoms with van der Waals surface area (Å²) in [5.74, 6) is -1.53. The van der Waals surface area contributed by atoms with E-state index < -0.39 is 49.1 Å². The van der Waals surface area contributed by atoms with Gasteiger partial charge in [-0.3, -0.25) is 9.69 Å². The quantitative estimate of drug-likeness (QED) is 0.889. The van der Waals surface area contributed by atoms with Crippen molar-refractivity contribution in [2.45, 2.75) is 19.1 Å². The Morgan fingerprint density at radius 1 is 1.52 bits per heavy atom. The van der Waals surface area contributed by atoms with Crippen LogP contribution in [0.15, 0.2) is 12.1 Å². The highest BCUT2D eigenvalue weighted by Gasteiger charge is 2.41. The number of hydrogen-bond acceptors (Lipinski definition) is 3. The highest BCUT2D eigenvalue weighted by atomic mass is 19.4. The monoisotopic (exact) mass is 305 g/mol. The van der Waals surface area contributed by atoms with Crippen LogP contribution in [0.4, 0.5) is 23.8 Å². The number of rotatable bonds is 2. The molecule has 1 aromatic rings. The lowest BCUT2D eigenvalue weighted by atomic mass is 10.2. The molecule has 1 fully saturated rings. The van der Waals surface area contributed by atoms with Gasteiger partial charge in [0.25, 0.3) is 0 Å². The van der Waals surface area contributed by atoms with Gasteiger partial charge in [0.2, 0.25) is 5.91 Å². The van der Waals surface area contributed by atoms with Crippen molar-refractivity contribution in [1.29, 1.82) is 0 Å². The minimum Gasteiger partial charge on any atom is -0.368 e. The predicted molar refractivity (Wildman–Crippen MR) is 67.5 cm³/mol. The smallest absolute Gasteiger partial charge is 0.368 e. The van der Waals surface area contributed by atoms with Crippen molar-refractivity contribution in [2.75, 3.05) is 18.4 Å². The molecule has 2 rings (SSSR count). The largest absolute Gasteiger partial charge is 0.416 e. The van der Waals surface area contributed by atoms with Crippen molar-refractivity contribution in [3.8, 4) is 0 Å². The molecule has 1 saturated heterocycles. The van der Waals surface area contributed by atoms with Gasteiger partial charge in [-0.15, -0.1) is 0 Å². The van der Waals surface area contributed by atoms with Gasteiger partial charge >= 0.3 is 12.2 Å². The highest BCUT2D eigenvalue weighted by molar-refractivity contribution is 6.02. The topological polar surface area (TPSA) is 79.5 Å². The van der Waals surface area contributed by atoms with Gasteiger partial charge in [-0.05, 0) is 19.1 Å².